The number of anilines is 1. The molecule has 5 heteroatoms. The zero-order valence-electron chi connectivity index (χ0n) is 12.3. The lowest BCUT2D eigenvalue weighted by Crippen LogP contribution is -2.41. The fraction of sp³-hybridized carbons (Fsp3) is 0.438. The van der Waals surface area contributed by atoms with Crippen molar-refractivity contribution in [1.29, 1.82) is 0 Å². The van der Waals surface area contributed by atoms with Crippen LogP contribution < -0.4 is 5.32 Å². The van der Waals surface area contributed by atoms with Gasteiger partial charge in [-0.3, -0.25) is 0 Å². The summed E-state index contributed by atoms with van der Waals surface area (Å²) in [6.07, 6.45) is 4.92. The van der Waals surface area contributed by atoms with E-state index in [0.717, 1.165) is 17.1 Å². The van der Waals surface area contributed by atoms with Gasteiger partial charge in [0.25, 0.3) is 0 Å². The van der Waals surface area contributed by atoms with Gasteiger partial charge in [-0.25, -0.2) is 4.68 Å². The molecule has 3 nitrogen and oxygen atoms in total. The normalized spacial score (nSPS) is 21.2. The highest BCUT2D eigenvalue weighted by Gasteiger charge is 2.33. The van der Waals surface area contributed by atoms with Crippen LogP contribution in [0.15, 0.2) is 36.7 Å². The largest absolute Gasteiger partial charge is 0.379 e. The summed E-state index contributed by atoms with van der Waals surface area (Å²) in [7, 11) is 0. The number of benzene rings is 1. The summed E-state index contributed by atoms with van der Waals surface area (Å²) < 4.78 is 1.83. The zero-order chi connectivity index (χ0) is 14.9. The van der Waals surface area contributed by atoms with Crippen molar-refractivity contribution in [2.45, 2.75) is 26.3 Å². The van der Waals surface area contributed by atoms with Gasteiger partial charge in [0.15, 0.2) is 0 Å². The monoisotopic (exact) mass is 321 g/mol. The molecule has 0 spiro atoms. The van der Waals surface area contributed by atoms with Crippen molar-refractivity contribution < 1.29 is 0 Å². The van der Waals surface area contributed by atoms with Gasteiger partial charge in [-0.05, 0) is 35.8 Å². The van der Waals surface area contributed by atoms with Crippen molar-refractivity contribution in [2.75, 3.05) is 16.8 Å². The van der Waals surface area contributed by atoms with Crippen LogP contribution in [0.25, 0.3) is 5.69 Å². The second-order valence-electron chi connectivity index (χ2n) is 6.10. The highest BCUT2D eigenvalue weighted by molar-refractivity contribution is 7.99. The van der Waals surface area contributed by atoms with E-state index in [0.29, 0.717) is 11.1 Å². The molecular formula is C16H20ClN3S. The number of thioether (sulfide) groups is 1. The standard InChI is InChI=1S/C16H20ClN3S/c1-16(2)7-10-21-11-14(16)19-13-6-3-5-12(17)15(13)20-9-4-8-18-20/h3-6,8-9,14,19H,7,10-11H2,1-2H3. The Hall–Kier alpha value is -1.13. The SMILES string of the molecule is CC1(C)CCSCC1Nc1cccc(Cl)c1-n1cccn1. The third-order valence-corrected chi connectivity index (χ3v) is 5.54. The molecule has 3 rings (SSSR count). The number of hydrogen-bond acceptors (Lipinski definition) is 3. The van der Waals surface area contributed by atoms with E-state index in [9.17, 15) is 0 Å². The van der Waals surface area contributed by atoms with Crippen molar-refractivity contribution in [1.82, 2.24) is 9.78 Å². The first-order valence-corrected chi connectivity index (χ1v) is 8.74. The van der Waals surface area contributed by atoms with Crippen LogP contribution >= 0.6 is 23.4 Å². The summed E-state index contributed by atoms with van der Waals surface area (Å²) >= 11 is 8.42. The van der Waals surface area contributed by atoms with Gasteiger partial charge in [-0.2, -0.15) is 16.9 Å². The van der Waals surface area contributed by atoms with Crippen molar-refractivity contribution in [3.63, 3.8) is 0 Å². The molecule has 0 radical (unpaired) electrons. The summed E-state index contributed by atoms with van der Waals surface area (Å²) in [5, 5.41) is 8.74. The van der Waals surface area contributed by atoms with Gasteiger partial charge in [-0.15, -0.1) is 0 Å². The van der Waals surface area contributed by atoms with E-state index in [4.69, 9.17) is 11.6 Å². The first kappa shape index (κ1) is 14.8. The van der Waals surface area contributed by atoms with E-state index >= 15 is 0 Å². The number of nitrogens with zero attached hydrogens (tertiary/aromatic N) is 2. The molecule has 1 N–H and O–H groups in total. The Kier molecular flexibility index (Phi) is 4.18. The summed E-state index contributed by atoms with van der Waals surface area (Å²) in [6, 6.07) is 8.32. The van der Waals surface area contributed by atoms with Crippen LogP contribution in [-0.2, 0) is 0 Å². The molecule has 1 saturated heterocycles. The number of rotatable bonds is 3. The predicted octanol–water partition coefficient (Wildman–Crippen LogP) is 4.47. The Bertz CT molecular complexity index is 610. The molecule has 1 aliphatic rings. The van der Waals surface area contributed by atoms with Gasteiger partial charge in [0.05, 0.1) is 10.7 Å². The summed E-state index contributed by atoms with van der Waals surface area (Å²) in [6.45, 7) is 4.67. The molecule has 0 amide bonds. The molecule has 0 aliphatic carbocycles. The van der Waals surface area contributed by atoms with Gasteiger partial charge >= 0.3 is 0 Å². The minimum Gasteiger partial charge on any atom is -0.379 e. The Labute approximate surface area is 135 Å². The Morgan fingerprint density at radius 3 is 2.95 bits per heavy atom. The molecule has 1 atom stereocenters. The third-order valence-electron chi connectivity index (χ3n) is 4.17. The van der Waals surface area contributed by atoms with E-state index in [2.05, 4.69) is 30.3 Å². The summed E-state index contributed by atoms with van der Waals surface area (Å²) in [4.78, 5) is 0. The minimum absolute atomic E-state index is 0.287. The predicted molar refractivity (Wildman–Crippen MR) is 91.7 cm³/mol. The molecule has 0 bridgehead atoms. The number of aromatic nitrogens is 2. The number of halogens is 1. The van der Waals surface area contributed by atoms with Gasteiger partial charge in [0.1, 0.15) is 5.69 Å². The lowest BCUT2D eigenvalue weighted by atomic mass is 9.82. The van der Waals surface area contributed by atoms with E-state index < -0.39 is 0 Å². The van der Waals surface area contributed by atoms with E-state index in [1.807, 2.05) is 40.8 Å². The van der Waals surface area contributed by atoms with Crippen LogP contribution in [-0.4, -0.2) is 27.3 Å². The Balaban J connectivity index is 1.94. The van der Waals surface area contributed by atoms with E-state index in [1.165, 1.54) is 12.2 Å². The smallest absolute Gasteiger partial charge is 0.106 e. The molecule has 1 aliphatic heterocycles. The highest BCUT2D eigenvalue weighted by atomic mass is 35.5. The van der Waals surface area contributed by atoms with Crippen molar-refractivity contribution in [2.24, 2.45) is 5.41 Å². The number of hydrogen-bond donors (Lipinski definition) is 1. The number of para-hydroxylation sites is 1. The minimum atomic E-state index is 0.287. The average molecular weight is 322 g/mol. The molecule has 1 aromatic carbocycles. The Morgan fingerprint density at radius 1 is 1.38 bits per heavy atom. The average Bonchev–Trinajstić information content (AvgIpc) is 2.95. The fourth-order valence-corrected chi connectivity index (χ4v) is 4.50. The summed E-state index contributed by atoms with van der Waals surface area (Å²) in [5.41, 5.74) is 2.26. The first-order chi connectivity index (χ1) is 10.1. The van der Waals surface area contributed by atoms with Crippen molar-refractivity contribution in [3.8, 4) is 5.69 Å². The molecule has 1 aromatic heterocycles. The molecule has 2 heterocycles. The van der Waals surface area contributed by atoms with Gasteiger partial charge in [0.2, 0.25) is 0 Å². The quantitative estimate of drug-likeness (QED) is 0.904. The molecular weight excluding hydrogens is 302 g/mol. The maximum absolute atomic E-state index is 6.40. The third kappa shape index (κ3) is 3.06. The number of nitrogens with one attached hydrogen (secondary N) is 1. The Morgan fingerprint density at radius 2 is 2.24 bits per heavy atom. The van der Waals surface area contributed by atoms with Gasteiger partial charge in [0, 0.05) is 24.2 Å². The molecule has 112 valence electrons. The van der Waals surface area contributed by atoms with Gasteiger partial charge in [-0.1, -0.05) is 31.5 Å². The van der Waals surface area contributed by atoms with Crippen LogP contribution in [0, 0.1) is 5.41 Å². The van der Waals surface area contributed by atoms with Gasteiger partial charge < -0.3 is 5.32 Å². The lowest BCUT2D eigenvalue weighted by molar-refractivity contribution is 0.305. The van der Waals surface area contributed by atoms with E-state index in [-0.39, 0.29) is 5.41 Å². The van der Waals surface area contributed by atoms with Crippen molar-refractivity contribution in [3.05, 3.63) is 41.7 Å². The maximum Gasteiger partial charge on any atom is 0.106 e. The molecule has 21 heavy (non-hydrogen) atoms. The van der Waals surface area contributed by atoms with Crippen molar-refractivity contribution >= 4 is 29.1 Å². The van der Waals surface area contributed by atoms with Crippen LogP contribution in [0.4, 0.5) is 5.69 Å². The van der Waals surface area contributed by atoms with Crippen LogP contribution in [0.5, 0.6) is 0 Å². The molecule has 1 unspecified atom stereocenters. The molecule has 1 fully saturated rings. The topological polar surface area (TPSA) is 29.9 Å². The molecule has 0 saturated carbocycles. The first-order valence-electron chi connectivity index (χ1n) is 7.21. The molecule has 2 aromatic rings. The lowest BCUT2D eigenvalue weighted by Gasteiger charge is -2.39. The maximum atomic E-state index is 6.40. The highest BCUT2D eigenvalue weighted by Crippen LogP contribution is 2.38. The van der Waals surface area contributed by atoms with Crippen LogP contribution in [0.2, 0.25) is 5.02 Å². The second-order valence-corrected chi connectivity index (χ2v) is 7.65. The van der Waals surface area contributed by atoms with Crippen LogP contribution in [0.1, 0.15) is 20.3 Å². The van der Waals surface area contributed by atoms with E-state index in [1.54, 1.807) is 6.20 Å². The second kappa shape index (κ2) is 5.93. The van der Waals surface area contributed by atoms with Crippen LogP contribution in [0.3, 0.4) is 0 Å². The summed E-state index contributed by atoms with van der Waals surface area (Å²) in [5.74, 6) is 2.37. The zero-order valence-corrected chi connectivity index (χ0v) is 13.9. The fourth-order valence-electron chi connectivity index (χ4n) is 2.63.